The molecule has 0 saturated carbocycles. The maximum Gasteiger partial charge on any atom is 0.442 e. The van der Waals surface area contributed by atoms with E-state index in [-0.39, 0.29) is 12.4 Å². The highest BCUT2D eigenvalue weighted by Gasteiger charge is 2.15. The fourth-order valence-electron chi connectivity index (χ4n) is 1.85. The Labute approximate surface area is 119 Å². The van der Waals surface area contributed by atoms with Crippen molar-refractivity contribution in [3.05, 3.63) is 64.4 Å². The van der Waals surface area contributed by atoms with Gasteiger partial charge in [0.1, 0.15) is 0 Å². The average Bonchev–Trinajstić information content (AvgIpc) is 2.90. The summed E-state index contributed by atoms with van der Waals surface area (Å²) in [5.74, 6) is 0.00349. The minimum atomic E-state index is -0.582. The van der Waals surface area contributed by atoms with Crippen LogP contribution in [0.2, 0.25) is 0 Å². The molecule has 1 aromatic carbocycles. The number of hydrogen-bond acceptors (Lipinski definition) is 6. The van der Waals surface area contributed by atoms with Crippen molar-refractivity contribution >= 4 is 0 Å². The first-order chi connectivity index (χ1) is 10.3. The molecule has 2 heterocycles. The molecule has 0 aliphatic rings. The molecule has 0 bridgehead atoms. The van der Waals surface area contributed by atoms with Crippen molar-refractivity contribution < 1.29 is 4.52 Å². The van der Waals surface area contributed by atoms with Gasteiger partial charge in [0.2, 0.25) is 5.82 Å². The molecule has 0 unspecified atom stereocenters. The number of hydrogen-bond donors (Lipinski definition) is 0. The SMILES string of the molecule is N#Cc1ccc(Cn2c(-c3ncccn3)noc2=O)cc1. The molecule has 3 rings (SSSR count). The maximum atomic E-state index is 11.8. The molecule has 3 aromatic rings. The summed E-state index contributed by atoms with van der Waals surface area (Å²) >= 11 is 0. The van der Waals surface area contributed by atoms with E-state index >= 15 is 0 Å². The summed E-state index contributed by atoms with van der Waals surface area (Å²) in [6.45, 7) is 0.266. The summed E-state index contributed by atoms with van der Waals surface area (Å²) in [7, 11) is 0. The lowest BCUT2D eigenvalue weighted by atomic mass is 10.1. The first-order valence-corrected chi connectivity index (χ1v) is 6.11. The topological polar surface area (TPSA) is 97.6 Å². The van der Waals surface area contributed by atoms with Gasteiger partial charge in [-0.3, -0.25) is 4.52 Å². The molecule has 0 aliphatic carbocycles. The Kier molecular flexibility index (Phi) is 3.27. The minimum absolute atomic E-state index is 0.266. The van der Waals surface area contributed by atoms with Crippen LogP contribution in [0.3, 0.4) is 0 Å². The second-order valence-corrected chi connectivity index (χ2v) is 4.24. The van der Waals surface area contributed by atoms with Gasteiger partial charge in [0.15, 0.2) is 5.82 Å². The lowest BCUT2D eigenvalue weighted by molar-refractivity contribution is 0.378. The molecule has 0 spiro atoms. The number of aromatic nitrogens is 4. The minimum Gasteiger partial charge on any atom is -0.295 e. The average molecular weight is 279 g/mol. The van der Waals surface area contributed by atoms with E-state index in [0.717, 1.165) is 5.56 Å². The Morgan fingerprint density at radius 2 is 1.90 bits per heavy atom. The van der Waals surface area contributed by atoms with Crippen LogP contribution in [-0.2, 0) is 6.54 Å². The molecule has 21 heavy (non-hydrogen) atoms. The lowest BCUT2D eigenvalue weighted by Gasteiger charge is -2.03. The van der Waals surface area contributed by atoms with Crippen LogP contribution in [0, 0.1) is 11.3 Å². The van der Waals surface area contributed by atoms with Crippen LogP contribution in [0.15, 0.2) is 52.0 Å². The second-order valence-electron chi connectivity index (χ2n) is 4.24. The molecular formula is C14H9N5O2. The predicted molar refractivity (Wildman–Crippen MR) is 72.0 cm³/mol. The van der Waals surface area contributed by atoms with Crippen LogP contribution in [-0.4, -0.2) is 19.7 Å². The third-order valence-electron chi connectivity index (χ3n) is 2.88. The van der Waals surface area contributed by atoms with Crippen LogP contribution < -0.4 is 5.76 Å². The number of rotatable bonds is 3. The Morgan fingerprint density at radius 3 is 2.57 bits per heavy atom. The van der Waals surface area contributed by atoms with E-state index < -0.39 is 5.76 Å². The molecule has 2 aromatic heterocycles. The van der Waals surface area contributed by atoms with Gasteiger partial charge < -0.3 is 0 Å². The van der Waals surface area contributed by atoms with Gasteiger partial charge in [-0.2, -0.15) is 5.26 Å². The molecule has 0 saturated heterocycles. The Morgan fingerprint density at radius 1 is 1.19 bits per heavy atom. The molecule has 102 valence electrons. The van der Waals surface area contributed by atoms with Crippen molar-refractivity contribution in [1.82, 2.24) is 19.7 Å². The number of nitrogens with zero attached hydrogens (tertiary/aromatic N) is 5. The molecule has 7 heteroatoms. The van der Waals surface area contributed by atoms with Crippen LogP contribution in [0.25, 0.3) is 11.6 Å². The number of benzene rings is 1. The van der Waals surface area contributed by atoms with E-state index in [1.54, 1.807) is 42.7 Å². The van der Waals surface area contributed by atoms with Crippen molar-refractivity contribution in [2.75, 3.05) is 0 Å². The van der Waals surface area contributed by atoms with Crippen molar-refractivity contribution in [2.24, 2.45) is 0 Å². The molecular weight excluding hydrogens is 270 g/mol. The smallest absolute Gasteiger partial charge is 0.295 e. The van der Waals surface area contributed by atoms with Gasteiger partial charge in [-0.05, 0) is 23.8 Å². The van der Waals surface area contributed by atoms with Gasteiger partial charge in [-0.1, -0.05) is 17.3 Å². The van der Waals surface area contributed by atoms with Gasteiger partial charge in [-0.25, -0.2) is 19.3 Å². The van der Waals surface area contributed by atoms with Gasteiger partial charge >= 0.3 is 5.76 Å². The summed E-state index contributed by atoms with van der Waals surface area (Å²) in [4.78, 5) is 19.9. The van der Waals surface area contributed by atoms with Crippen molar-refractivity contribution in [2.45, 2.75) is 6.54 Å². The van der Waals surface area contributed by atoms with E-state index in [9.17, 15) is 4.79 Å². The normalized spacial score (nSPS) is 10.2. The zero-order chi connectivity index (χ0) is 14.7. The Hall–Kier alpha value is -3.27. The van der Waals surface area contributed by atoms with Crippen molar-refractivity contribution in [3.8, 4) is 17.7 Å². The summed E-state index contributed by atoms with van der Waals surface area (Å²) < 4.78 is 6.04. The van der Waals surface area contributed by atoms with Gasteiger partial charge in [-0.15, -0.1) is 0 Å². The van der Waals surface area contributed by atoms with E-state index in [0.29, 0.717) is 11.4 Å². The fraction of sp³-hybridized carbons (Fsp3) is 0.0714. The van der Waals surface area contributed by atoms with Crippen LogP contribution in [0.5, 0.6) is 0 Å². The molecule has 0 N–H and O–H groups in total. The van der Waals surface area contributed by atoms with Crippen LogP contribution >= 0.6 is 0 Å². The van der Waals surface area contributed by atoms with Crippen LogP contribution in [0.1, 0.15) is 11.1 Å². The summed E-state index contributed by atoms with van der Waals surface area (Å²) in [5.41, 5.74) is 1.40. The van der Waals surface area contributed by atoms with E-state index in [4.69, 9.17) is 9.78 Å². The van der Waals surface area contributed by atoms with E-state index in [1.807, 2.05) is 6.07 Å². The summed E-state index contributed by atoms with van der Waals surface area (Å²) in [5, 5.41) is 12.5. The summed E-state index contributed by atoms with van der Waals surface area (Å²) in [6.07, 6.45) is 3.13. The molecule has 0 atom stereocenters. The largest absolute Gasteiger partial charge is 0.442 e. The first-order valence-electron chi connectivity index (χ1n) is 6.11. The van der Waals surface area contributed by atoms with E-state index in [1.165, 1.54) is 4.57 Å². The second kappa shape index (κ2) is 5.38. The van der Waals surface area contributed by atoms with Gasteiger partial charge in [0.25, 0.3) is 0 Å². The zero-order valence-corrected chi connectivity index (χ0v) is 10.8. The maximum absolute atomic E-state index is 11.8. The molecule has 7 nitrogen and oxygen atoms in total. The summed E-state index contributed by atoms with van der Waals surface area (Å²) in [6, 6.07) is 10.6. The van der Waals surface area contributed by atoms with E-state index in [2.05, 4.69) is 15.1 Å². The number of nitriles is 1. The quantitative estimate of drug-likeness (QED) is 0.714. The standard InChI is InChI=1S/C14H9N5O2/c15-8-10-2-4-11(5-3-10)9-19-13(18-21-14(19)20)12-16-6-1-7-17-12/h1-7H,9H2. The highest BCUT2D eigenvalue weighted by Crippen LogP contribution is 2.12. The third-order valence-corrected chi connectivity index (χ3v) is 2.88. The molecule has 0 amide bonds. The lowest BCUT2D eigenvalue weighted by Crippen LogP contribution is -2.16. The van der Waals surface area contributed by atoms with Gasteiger partial charge in [0.05, 0.1) is 18.2 Å². The molecule has 0 aliphatic heterocycles. The predicted octanol–water partition coefficient (Wildman–Crippen LogP) is 1.21. The monoisotopic (exact) mass is 279 g/mol. The zero-order valence-electron chi connectivity index (χ0n) is 10.8. The van der Waals surface area contributed by atoms with Gasteiger partial charge in [0, 0.05) is 12.4 Å². The molecule has 0 fully saturated rings. The highest BCUT2D eigenvalue weighted by molar-refractivity contribution is 5.42. The fourth-order valence-corrected chi connectivity index (χ4v) is 1.85. The Bertz CT molecular complexity index is 844. The Balaban J connectivity index is 1.97. The third kappa shape index (κ3) is 2.55. The van der Waals surface area contributed by atoms with Crippen LogP contribution in [0.4, 0.5) is 0 Å². The highest BCUT2D eigenvalue weighted by atomic mass is 16.5. The van der Waals surface area contributed by atoms with Crippen molar-refractivity contribution in [3.63, 3.8) is 0 Å². The first kappa shape index (κ1) is 12.7. The van der Waals surface area contributed by atoms with Crippen molar-refractivity contribution in [1.29, 1.82) is 5.26 Å². The molecule has 0 radical (unpaired) electrons.